The molecule has 0 saturated heterocycles. The summed E-state index contributed by atoms with van der Waals surface area (Å²) in [5, 5.41) is 0. The van der Waals surface area contributed by atoms with Gasteiger partial charge < -0.3 is 10.6 Å². The Morgan fingerprint density at radius 1 is 1.80 bits per heavy atom. The van der Waals surface area contributed by atoms with Crippen LogP contribution in [0.25, 0.3) is 0 Å². The molecule has 3 heteroatoms. The Morgan fingerprint density at radius 2 is 2.40 bits per heavy atom. The van der Waals surface area contributed by atoms with Gasteiger partial charge in [0.25, 0.3) is 0 Å². The van der Waals surface area contributed by atoms with Gasteiger partial charge in [0, 0.05) is 12.6 Å². The van der Waals surface area contributed by atoms with Crippen LogP contribution in [0.4, 0.5) is 4.79 Å². The van der Waals surface area contributed by atoms with Crippen molar-refractivity contribution in [3.8, 4) is 0 Å². The van der Waals surface area contributed by atoms with E-state index in [0.29, 0.717) is 12.6 Å². The summed E-state index contributed by atoms with van der Waals surface area (Å²) in [6.07, 6.45) is 3.89. The average molecular weight is 140 g/mol. The van der Waals surface area contributed by atoms with Crippen LogP contribution in [0.5, 0.6) is 0 Å². The lowest BCUT2D eigenvalue weighted by molar-refractivity contribution is 0.210. The molecule has 0 aliphatic heterocycles. The highest BCUT2D eigenvalue weighted by Gasteiger charge is 2.30. The lowest BCUT2D eigenvalue weighted by Gasteiger charge is -2.16. The van der Waals surface area contributed by atoms with E-state index in [1.54, 1.807) is 11.0 Å². The molecule has 2 N–H and O–H groups in total. The largest absolute Gasteiger partial charge is 0.351 e. The summed E-state index contributed by atoms with van der Waals surface area (Å²) in [5.41, 5.74) is 5.10. The van der Waals surface area contributed by atoms with Gasteiger partial charge in [-0.15, -0.1) is 6.58 Å². The number of nitrogens with zero attached hydrogens (tertiary/aromatic N) is 1. The maximum atomic E-state index is 10.7. The molecule has 0 unspecified atom stereocenters. The monoisotopic (exact) mass is 140 g/mol. The number of amides is 2. The summed E-state index contributed by atoms with van der Waals surface area (Å²) in [4.78, 5) is 12.3. The number of urea groups is 1. The minimum Gasteiger partial charge on any atom is -0.351 e. The van der Waals surface area contributed by atoms with Crippen molar-refractivity contribution in [1.82, 2.24) is 4.90 Å². The minimum absolute atomic E-state index is 0.331. The third-order valence-corrected chi connectivity index (χ3v) is 1.60. The summed E-state index contributed by atoms with van der Waals surface area (Å²) in [6, 6.07) is 0.0675. The molecule has 0 radical (unpaired) electrons. The SMILES string of the molecule is C=CCN(C(N)=O)C1CC1. The van der Waals surface area contributed by atoms with Crippen molar-refractivity contribution in [2.24, 2.45) is 5.73 Å². The smallest absolute Gasteiger partial charge is 0.315 e. The molecule has 1 rings (SSSR count). The van der Waals surface area contributed by atoms with Gasteiger partial charge in [-0.2, -0.15) is 0 Å². The van der Waals surface area contributed by atoms with Crippen molar-refractivity contribution in [2.45, 2.75) is 18.9 Å². The van der Waals surface area contributed by atoms with Crippen molar-refractivity contribution in [1.29, 1.82) is 0 Å². The van der Waals surface area contributed by atoms with E-state index in [0.717, 1.165) is 12.8 Å². The van der Waals surface area contributed by atoms with Crippen LogP contribution in [0.3, 0.4) is 0 Å². The Hall–Kier alpha value is -0.990. The van der Waals surface area contributed by atoms with Crippen molar-refractivity contribution in [2.75, 3.05) is 6.54 Å². The number of primary amides is 1. The first-order valence-electron chi connectivity index (χ1n) is 3.42. The fourth-order valence-electron chi connectivity index (χ4n) is 0.944. The molecule has 0 aromatic heterocycles. The maximum absolute atomic E-state index is 10.7. The Labute approximate surface area is 60.5 Å². The summed E-state index contributed by atoms with van der Waals surface area (Å²) in [6.45, 7) is 4.13. The molecule has 56 valence electrons. The zero-order chi connectivity index (χ0) is 7.56. The number of rotatable bonds is 3. The molecular weight excluding hydrogens is 128 g/mol. The van der Waals surface area contributed by atoms with Crippen molar-refractivity contribution in [3.63, 3.8) is 0 Å². The fourth-order valence-corrected chi connectivity index (χ4v) is 0.944. The van der Waals surface area contributed by atoms with E-state index in [1.165, 1.54) is 0 Å². The van der Waals surface area contributed by atoms with Gasteiger partial charge in [0.2, 0.25) is 0 Å². The van der Waals surface area contributed by atoms with Gasteiger partial charge in [0.15, 0.2) is 0 Å². The number of carbonyl (C=O) groups excluding carboxylic acids is 1. The lowest BCUT2D eigenvalue weighted by atomic mass is 10.5. The number of carbonyl (C=O) groups is 1. The van der Waals surface area contributed by atoms with Gasteiger partial charge in [-0.3, -0.25) is 0 Å². The van der Waals surface area contributed by atoms with E-state index in [2.05, 4.69) is 6.58 Å². The molecule has 0 spiro atoms. The van der Waals surface area contributed by atoms with Crippen LogP contribution in [0.2, 0.25) is 0 Å². The highest BCUT2D eigenvalue weighted by Crippen LogP contribution is 2.26. The summed E-state index contributed by atoms with van der Waals surface area (Å²) in [5.74, 6) is 0. The number of nitrogens with two attached hydrogens (primary N) is 1. The number of hydrogen-bond donors (Lipinski definition) is 1. The zero-order valence-electron chi connectivity index (χ0n) is 5.92. The highest BCUT2D eigenvalue weighted by molar-refractivity contribution is 5.72. The Balaban J connectivity index is 2.41. The van der Waals surface area contributed by atoms with Gasteiger partial charge >= 0.3 is 6.03 Å². The van der Waals surface area contributed by atoms with Crippen LogP contribution >= 0.6 is 0 Å². The third-order valence-electron chi connectivity index (χ3n) is 1.60. The van der Waals surface area contributed by atoms with Crippen molar-refractivity contribution in [3.05, 3.63) is 12.7 Å². The summed E-state index contributed by atoms with van der Waals surface area (Å²) >= 11 is 0. The molecule has 0 heterocycles. The molecular formula is C7H12N2O. The second kappa shape index (κ2) is 2.73. The van der Waals surface area contributed by atoms with Crippen LogP contribution in [0.1, 0.15) is 12.8 Å². The van der Waals surface area contributed by atoms with Crippen LogP contribution < -0.4 is 5.73 Å². The lowest BCUT2D eigenvalue weighted by Crippen LogP contribution is -2.37. The predicted molar refractivity (Wildman–Crippen MR) is 39.5 cm³/mol. The highest BCUT2D eigenvalue weighted by atomic mass is 16.2. The molecule has 0 aromatic rings. The quantitative estimate of drug-likeness (QED) is 0.577. The van der Waals surface area contributed by atoms with E-state index in [-0.39, 0.29) is 6.03 Å². The molecule has 2 amide bonds. The van der Waals surface area contributed by atoms with Crippen LogP contribution in [-0.4, -0.2) is 23.5 Å². The molecule has 3 nitrogen and oxygen atoms in total. The van der Waals surface area contributed by atoms with E-state index in [9.17, 15) is 4.79 Å². The third kappa shape index (κ3) is 1.50. The normalized spacial score (nSPS) is 16.4. The second-order valence-electron chi connectivity index (χ2n) is 2.51. The first-order chi connectivity index (χ1) is 4.75. The van der Waals surface area contributed by atoms with Crippen LogP contribution in [0.15, 0.2) is 12.7 Å². The van der Waals surface area contributed by atoms with Gasteiger partial charge in [0.1, 0.15) is 0 Å². The van der Waals surface area contributed by atoms with E-state index in [4.69, 9.17) is 5.73 Å². The van der Waals surface area contributed by atoms with E-state index < -0.39 is 0 Å². The van der Waals surface area contributed by atoms with E-state index in [1.807, 2.05) is 0 Å². The molecule has 1 aliphatic rings. The van der Waals surface area contributed by atoms with Crippen molar-refractivity contribution < 1.29 is 4.79 Å². The Kier molecular flexibility index (Phi) is 1.94. The van der Waals surface area contributed by atoms with Gasteiger partial charge in [-0.25, -0.2) is 4.79 Å². The standard InChI is InChI=1S/C7H12N2O/c1-2-5-9(7(8)10)6-3-4-6/h2,6H,1,3-5H2,(H2,8,10). The van der Waals surface area contributed by atoms with Gasteiger partial charge in [0.05, 0.1) is 0 Å². The molecule has 10 heavy (non-hydrogen) atoms. The number of hydrogen-bond acceptors (Lipinski definition) is 1. The molecule has 0 atom stereocenters. The van der Waals surface area contributed by atoms with Crippen LogP contribution in [-0.2, 0) is 0 Å². The summed E-state index contributed by atoms with van der Waals surface area (Å²) < 4.78 is 0. The summed E-state index contributed by atoms with van der Waals surface area (Å²) in [7, 11) is 0. The van der Waals surface area contributed by atoms with Crippen molar-refractivity contribution >= 4 is 6.03 Å². The topological polar surface area (TPSA) is 46.3 Å². The minimum atomic E-state index is -0.331. The first kappa shape index (κ1) is 7.12. The molecule has 1 fully saturated rings. The fraction of sp³-hybridized carbons (Fsp3) is 0.571. The molecule has 0 aromatic carbocycles. The molecule has 1 aliphatic carbocycles. The average Bonchev–Trinajstić information content (AvgIpc) is 2.63. The Morgan fingerprint density at radius 3 is 2.70 bits per heavy atom. The molecule has 1 saturated carbocycles. The maximum Gasteiger partial charge on any atom is 0.315 e. The zero-order valence-corrected chi connectivity index (χ0v) is 5.92. The Bertz CT molecular complexity index is 152. The van der Waals surface area contributed by atoms with Gasteiger partial charge in [-0.05, 0) is 12.8 Å². The van der Waals surface area contributed by atoms with Crippen LogP contribution in [0, 0.1) is 0 Å². The second-order valence-corrected chi connectivity index (χ2v) is 2.51. The predicted octanol–water partition coefficient (Wildman–Crippen LogP) is 0.716. The molecule has 0 bridgehead atoms. The van der Waals surface area contributed by atoms with Gasteiger partial charge in [-0.1, -0.05) is 6.08 Å². The first-order valence-corrected chi connectivity index (χ1v) is 3.42. The van der Waals surface area contributed by atoms with E-state index >= 15 is 0 Å².